The van der Waals surface area contributed by atoms with Gasteiger partial charge in [-0.05, 0) is 25.7 Å². The normalized spacial score (nSPS) is 30.4. The van der Waals surface area contributed by atoms with Gasteiger partial charge in [-0.2, -0.15) is 9.07 Å². The van der Waals surface area contributed by atoms with E-state index in [0.29, 0.717) is 17.8 Å². The Labute approximate surface area is 143 Å². The van der Waals surface area contributed by atoms with Crippen LogP contribution in [0.3, 0.4) is 0 Å². The largest absolute Gasteiger partial charge is 0.291 e. The van der Waals surface area contributed by atoms with Crippen LogP contribution in [0.25, 0.3) is 0 Å². The van der Waals surface area contributed by atoms with E-state index in [1.807, 2.05) is 11.1 Å². The summed E-state index contributed by atoms with van der Waals surface area (Å²) in [6, 6.07) is 0.146. The van der Waals surface area contributed by atoms with Crippen molar-refractivity contribution in [3.8, 4) is 0 Å². The van der Waals surface area contributed by atoms with E-state index in [2.05, 4.69) is 25.8 Å². The fourth-order valence-electron chi connectivity index (χ4n) is 4.64. The Morgan fingerprint density at radius 1 is 1.16 bits per heavy atom. The second-order valence-electron chi connectivity index (χ2n) is 7.49. The van der Waals surface area contributed by atoms with Crippen molar-refractivity contribution in [2.75, 3.05) is 4.90 Å². The smallest absolute Gasteiger partial charge is 0.283 e. The van der Waals surface area contributed by atoms with Gasteiger partial charge in [0.1, 0.15) is 12.0 Å². The lowest BCUT2D eigenvalue weighted by Crippen LogP contribution is -2.55. The number of nitrogens with one attached hydrogen (secondary N) is 1. The number of hydrogen-bond acceptors (Lipinski definition) is 6. The third kappa shape index (κ3) is 1.86. The minimum absolute atomic E-state index is 0.0254. The van der Waals surface area contributed by atoms with E-state index < -0.39 is 6.08 Å². The molecular weight excluding hydrogens is 323 g/mol. The third-order valence-electron chi connectivity index (χ3n) is 6.00. The molecule has 4 heterocycles. The Kier molecular flexibility index (Phi) is 2.65. The summed E-state index contributed by atoms with van der Waals surface area (Å²) in [7, 11) is 0. The number of halogens is 1. The molecule has 3 atom stereocenters. The number of aromatic nitrogens is 5. The van der Waals surface area contributed by atoms with Crippen molar-refractivity contribution in [1.29, 1.82) is 0 Å². The average Bonchev–Trinajstić information content (AvgIpc) is 3.06. The fourth-order valence-corrected chi connectivity index (χ4v) is 4.64. The first-order valence-corrected chi connectivity index (χ1v) is 9.09. The number of fused-ring (bicyclic) bond motifs is 6. The molecule has 2 aliphatic carbocycles. The predicted molar refractivity (Wildman–Crippen MR) is 87.4 cm³/mol. The number of rotatable bonds is 1. The first-order valence-electron chi connectivity index (χ1n) is 9.09. The lowest BCUT2D eigenvalue weighted by atomic mass is 9.80. The van der Waals surface area contributed by atoms with E-state index in [-0.39, 0.29) is 12.2 Å². The van der Waals surface area contributed by atoms with Crippen LogP contribution in [-0.4, -0.2) is 36.7 Å². The zero-order valence-corrected chi connectivity index (χ0v) is 13.7. The number of nitrogens with zero attached hydrogens (tertiary/aromatic N) is 7. The summed E-state index contributed by atoms with van der Waals surface area (Å²) in [5, 5.41) is 13.1. The summed E-state index contributed by atoms with van der Waals surface area (Å²) in [4.78, 5) is 5.98. The van der Waals surface area contributed by atoms with Gasteiger partial charge < -0.3 is 0 Å². The molecule has 0 amide bonds. The Balaban J connectivity index is 1.44. The highest BCUT2D eigenvalue weighted by molar-refractivity contribution is 5.98. The number of imidazole rings is 1. The van der Waals surface area contributed by atoms with Gasteiger partial charge in [0.25, 0.3) is 12.0 Å². The minimum atomic E-state index is -0.408. The van der Waals surface area contributed by atoms with Gasteiger partial charge in [-0.25, -0.2) is 4.98 Å². The van der Waals surface area contributed by atoms with Crippen LogP contribution < -0.4 is 10.3 Å². The summed E-state index contributed by atoms with van der Waals surface area (Å²) < 4.78 is 17.9. The van der Waals surface area contributed by atoms with E-state index in [1.54, 1.807) is 15.4 Å². The molecule has 2 aliphatic heterocycles. The van der Waals surface area contributed by atoms with Gasteiger partial charge >= 0.3 is 0 Å². The number of hydrazone groups is 1. The quantitative estimate of drug-likeness (QED) is 0.855. The molecule has 25 heavy (non-hydrogen) atoms. The second-order valence-corrected chi connectivity index (χ2v) is 7.49. The predicted octanol–water partition coefficient (Wildman–Crippen LogP) is 1.79. The maximum Gasteiger partial charge on any atom is 0.291 e. The highest BCUT2D eigenvalue weighted by atomic mass is 19.1. The van der Waals surface area contributed by atoms with Crippen LogP contribution in [0.2, 0.25) is 0 Å². The molecular formula is C16H19FN8. The molecule has 0 aromatic carbocycles. The zero-order chi connectivity index (χ0) is 16.5. The highest BCUT2D eigenvalue weighted by Gasteiger charge is 2.48. The first-order chi connectivity index (χ1) is 12.3. The molecule has 0 spiro atoms. The van der Waals surface area contributed by atoms with Gasteiger partial charge in [-0.1, -0.05) is 18.1 Å². The van der Waals surface area contributed by atoms with E-state index in [0.717, 1.165) is 30.8 Å². The van der Waals surface area contributed by atoms with E-state index >= 15 is 0 Å². The van der Waals surface area contributed by atoms with Crippen LogP contribution in [0.15, 0.2) is 17.5 Å². The Hall–Kier alpha value is -2.45. The summed E-state index contributed by atoms with van der Waals surface area (Å²) in [5.74, 6) is 2.23. The molecule has 1 N–H and O–H groups in total. The van der Waals surface area contributed by atoms with Crippen molar-refractivity contribution >= 4 is 11.8 Å². The van der Waals surface area contributed by atoms with Gasteiger partial charge in [0, 0.05) is 17.9 Å². The standard InChI is InChI=1S/C16H19FN8/c17-15-18-7-13-24(15)12-4-2-1-3-10(12)14-20-21-16(25(13)14)23-8-11(19-22-23)9-5-6-9/h7-10,12,14,20H,1-6H2. The van der Waals surface area contributed by atoms with Crippen molar-refractivity contribution in [1.82, 2.24) is 30.0 Å². The molecule has 130 valence electrons. The lowest BCUT2D eigenvalue weighted by molar-refractivity contribution is 0.161. The Morgan fingerprint density at radius 3 is 2.92 bits per heavy atom. The first kappa shape index (κ1) is 13.8. The molecule has 3 unspecified atom stereocenters. The molecule has 0 radical (unpaired) electrons. The lowest BCUT2D eigenvalue weighted by Gasteiger charge is -2.45. The van der Waals surface area contributed by atoms with Crippen molar-refractivity contribution < 1.29 is 4.39 Å². The molecule has 6 rings (SSSR count). The topological polar surface area (TPSA) is 76.2 Å². The summed E-state index contributed by atoms with van der Waals surface area (Å²) >= 11 is 0. The van der Waals surface area contributed by atoms with Crippen LogP contribution in [0.5, 0.6) is 0 Å². The highest BCUT2D eigenvalue weighted by Crippen LogP contribution is 2.46. The maximum atomic E-state index is 14.4. The van der Waals surface area contributed by atoms with Gasteiger partial charge in [-0.3, -0.25) is 14.9 Å². The van der Waals surface area contributed by atoms with Crippen LogP contribution in [0.1, 0.15) is 56.2 Å². The Bertz CT molecular complexity index is 865. The van der Waals surface area contributed by atoms with Crippen LogP contribution in [0.4, 0.5) is 10.2 Å². The van der Waals surface area contributed by atoms with Crippen molar-refractivity contribution in [3.63, 3.8) is 0 Å². The molecule has 8 nitrogen and oxygen atoms in total. The van der Waals surface area contributed by atoms with Crippen molar-refractivity contribution in [2.24, 2.45) is 11.0 Å². The van der Waals surface area contributed by atoms with Crippen LogP contribution >= 0.6 is 0 Å². The van der Waals surface area contributed by atoms with E-state index in [4.69, 9.17) is 0 Å². The molecule has 0 bridgehead atoms. The van der Waals surface area contributed by atoms with Crippen molar-refractivity contribution in [3.05, 3.63) is 24.2 Å². The van der Waals surface area contributed by atoms with Crippen LogP contribution in [0, 0.1) is 12.0 Å². The summed E-state index contributed by atoms with van der Waals surface area (Å²) in [5.41, 5.74) is 4.28. The van der Waals surface area contributed by atoms with E-state index in [1.165, 1.54) is 19.3 Å². The van der Waals surface area contributed by atoms with Gasteiger partial charge in [0.05, 0.1) is 18.1 Å². The molecule has 4 aliphatic rings. The van der Waals surface area contributed by atoms with Crippen molar-refractivity contribution in [2.45, 2.75) is 56.7 Å². The summed E-state index contributed by atoms with van der Waals surface area (Å²) in [6.45, 7) is 0. The Morgan fingerprint density at radius 2 is 2.04 bits per heavy atom. The molecule has 9 heteroatoms. The fraction of sp³-hybridized carbons (Fsp3) is 0.625. The van der Waals surface area contributed by atoms with Gasteiger partial charge in [0.15, 0.2) is 0 Å². The molecule has 0 saturated heterocycles. The van der Waals surface area contributed by atoms with E-state index in [9.17, 15) is 4.39 Å². The molecule has 2 aromatic rings. The zero-order valence-electron chi connectivity index (χ0n) is 13.7. The molecule has 2 aromatic heterocycles. The summed E-state index contributed by atoms with van der Waals surface area (Å²) in [6.07, 6.45) is 9.88. The average molecular weight is 342 g/mol. The molecule has 2 fully saturated rings. The second kappa shape index (κ2) is 4.80. The third-order valence-corrected chi connectivity index (χ3v) is 6.00. The minimum Gasteiger partial charge on any atom is -0.283 e. The maximum absolute atomic E-state index is 14.4. The number of anilines is 1. The SMILES string of the molecule is Fc1ncc2n1C1CCCCC1C1NN=C(n3cc(C4CC4)nn3)N21. The van der Waals surface area contributed by atoms with Gasteiger partial charge in [-0.15, -0.1) is 10.2 Å². The molecule has 2 saturated carbocycles. The number of hydrogen-bond donors (Lipinski definition) is 1. The van der Waals surface area contributed by atoms with Gasteiger partial charge in [0.2, 0.25) is 0 Å². The van der Waals surface area contributed by atoms with Crippen LogP contribution in [-0.2, 0) is 0 Å². The monoisotopic (exact) mass is 342 g/mol.